The Hall–Kier alpha value is -3.03. The van der Waals surface area contributed by atoms with Crippen LogP contribution < -0.4 is 0 Å². The molecular formula is C37H35F17GeSi. The number of rotatable bonds is 12. The van der Waals surface area contributed by atoms with Crippen LogP contribution >= 0.6 is 0 Å². The molecule has 0 aliphatic carbocycles. The molecule has 0 nitrogen and oxygen atoms in total. The van der Waals surface area contributed by atoms with Gasteiger partial charge >= 0.3 is 69.9 Å². The molecule has 4 rings (SSSR count). The third kappa shape index (κ3) is 7.42. The first-order valence-corrected chi connectivity index (χ1v) is 21.5. The van der Waals surface area contributed by atoms with Crippen molar-refractivity contribution >= 4 is 46.9 Å². The molecule has 0 unspecified atom stereocenters. The summed E-state index contributed by atoms with van der Waals surface area (Å²) in [6.45, 7) is 6.55. The number of hydrogen-bond donors (Lipinski definition) is 0. The van der Waals surface area contributed by atoms with E-state index in [1.807, 2.05) is 0 Å². The summed E-state index contributed by atoms with van der Waals surface area (Å²) in [6, 6.07) is 22.0. The van der Waals surface area contributed by atoms with Gasteiger partial charge in [-0.3, -0.25) is 0 Å². The Morgan fingerprint density at radius 2 is 0.750 bits per heavy atom. The summed E-state index contributed by atoms with van der Waals surface area (Å²) in [7, 11) is -2.37. The van der Waals surface area contributed by atoms with Crippen LogP contribution in [0.3, 0.4) is 0 Å². The monoisotopic (exact) mass is 904 g/mol. The molecule has 310 valence electrons. The fourth-order valence-electron chi connectivity index (χ4n) is 6.32. The molecule has 0 saturated carbocycles. The van der Waals surface area contributed by atoms with Crippen molar-refractivity contribution in [3.63, 3.8) is 0 Å². The second-order valence-corrected chi connectivity index (χ2v) is 17.7. The van der Waals surface area contributed by atoms with Crippen molar-refractivity contribution in [1.82, 2.24) is 0 Å². The molecule has 0 heterocycles. The molecule has 19 heteroatoms. The van der Waals surface area contributed by atoms with Crippen molar-refractivity contribution in [1.29, 1.82) is 0 Å². The minimum atomic E-state index is -8.67. The summed E-state index contributed by atoms with van der Waals surface area (Å²) in [5.41, 5.74) is 0.333. The summed E-state index contributed by atoms with van der Waals surface area (Å²) in [5.74, 6) is -54.5. The summed E-state index contributed by atoms with van der Waals surface area (Å²) in [6.07, 6.45) is -11.6. The van der Waals surface area contributed by atoms with Gasteiger partial charge < -0.3 is 0 Å². The molecular weight excluding hydrogens is 868 g/mol. The van der Waals surface area contributed by atoms with Gasteiger partial charge in [0.2, 0.25) is 0 Å². The Kier molecular flexibility index (Phi) is 12.9. The van der Waals surface area contributed by atoms with Crippen LogP contribution in [0.25, 0.3) is 21.5 Å². The Labute approximate surface area is 320 Å². The first kappa shape index (κ1) is 47.3. The maximum atomic E-state index is 15.7. The Morgan fingerprint density at radius 1 is 0.429 bits per heavy atom. The standard InChI is InChI=1S/C36H30F17Si.CH5Ge/c1-27(2,3)54(4)28(25-15-13-21-9-5-7-11-23(21)19-25,26-16-14-22-10-6-8-12-24(22)20-26)17-18-29(37,38)30(39,40)31(41,42)32(43,44)33(45,46)34(47,48)35(49,50)36(51,52)53;1-2/h5-16,19-20H,17-18H2,1-4H3;2H2,1H3. The third-order valence-electron chi connectivity index (χ3n) is 9.85. The molecule has 0 N–H and O–H groups in total. The molecule has 0 fully saturated rings. The van der Waals surface area contributed by atoms with E-state index < -0.39 is 79.3 Å². The quantitative estimate of drug-likeness (QED) is 0.0982. The molecule has 0 aromatic heterocycles. The van der Waals surface area contributed by atoms with E-state index in [9.17, 15) is 57.1 Å². The molecule has 0 atom stereocenters. The fourth-order valence-corrected chi connectivity index (χ4v) is 9.28. The van der Waals surface area contributed by atoms with Crippen molar-refractivity contribution in [2.24, 2.45) is 0 Å². The van der Waals surface area contributed by atoms with E-state index >= 15 is 17.6 Å². The van der Waals surface area contributed by atoms with E-state index in [0.29, 0.717) is 21.5 Å². The van der Waals surface area contributed by atoms with E-state index in [2.05, 4.69) is 5.76 Å². The maximum absolute atomic E-state index is 15.7. The van der Waals surface area contributed by atoms with Crippen LogP contribution in [0.1, 0.15) is 44.7 Å². The summed E-state index contributed by atoms with van der Waals surface area (Å²) < 4.78 is 241. The van der Waals surface area contributed by atoms with Gasteiger partial charge in [-0.2, -0.15) is 74.6 Å². The normalized spacial score (nSPS) is 14.6. The van der Waals surface area contributed by atoms with Gasteiger partial charge in [-0.25, -0.2) is 0 Å². The van der Waals surface area contributed by atoms with Gasteiger partial charge in [-0.15, -0.1) is 0 Å². The Balaban J connectivity index is 0.00000414. The molecule has 0 spiro atoms. The second kappa shape index (κ2) is 15.3. The van der Waals surface area contributed by atoms with Crippen LogP contribution in [0.15, 0.2) is 84.9 Å². The average molecular weight is 903 g/mol. The predicted molar refractivity (Wildman–Crippen MR) is 184 cm³/mol. The van der Waals surface area contributed by atoms with E-state index in [0.717, 1.165) is 0 Å². The van der Waals surface area contributed by atoms with Gasteiger partial charge in [-0.1, -0.05) is 112 Å². The van der Waals surface area contributed by atoms with Crippen LogP contribution in [0.4, 0.5) is 74.6 Å². The number of alkyl halides is 17. The van der Waals surface area contributed by atoms with E-state index in [1.54, 1.807) is 88.0 Å². The number of halogens is 17. The topological polar surface area (TPSA) is 0 Å². The second-order valence-electron chi connectivity index (χ2n) is 14.1. The molecule has 0 saturated heterocycles. The number of fused-ring (bicyclic) bond motifs is 2. The summed E-state index contributed by atoms with van der Waals surface area (Å²) in [4.78, 5) is 0. The molecule has 4 aromatic rings. The molecule has 4 aromatic carbocycles. The van der Waals surface area contributed by atoms with E-state index in [1.165, 1.54) is 40.8 Å². The Morgan fingerprint density at radius 3 is 1.09 bits per heavy atom. The molecule has 0 amide bonds. The van der Waals surface area contributed by atoms with Gasteiger partial charge in [0, 0.05) is 11.5 Å². The molecule has 2 radical (unpaired) electrons. The number of benzene rings is 4. The Bertz CT molecular complexity index is 1900. The zero-order chi connectivity index (χ0) is 43.4. The number of hydrogen-bond acceptors (Lipinski definition) is 0. The zero-order valence-corrected chi connectivity index (χ0v) is 34.1. The van der Waals surface area contributed by atoms with Crippen LogP contribution in [0.2, 0.25) is 17.3 Å². The summed E-state index contributed by atoms with van der Waals surface area (Å²) >= 11 is 1.38. The van der Waals surface area contributed by atoms with Gasteiger partial charge in [0.05, 0.1) is 8.80 Å². The van der Waals surface area contributed by atoms with Crippen LogP contribution in [0.5, 0.6) is 0 Å². The van der Waals surface area contributed by atoms with E-state index in [4.69, 9.17) is 0 Å². The van der Waals surface area contributed by atoms with Gasteiger partial charge in [0.15, 0.2) is 0 Å². The van der Waals surface area contributed by atoms with Gasteiger partial charge in [0.1, 0.15) is 0 Å². The predicted octanol–water partition coefficient (Wildman–Crippen LogP) is 13.2. The SMILES string of the molecule is C[Si](C(C)(C)C)C(CCC(F)(F)C(F)(F)C(F)(F)C(F)(F)C(F)(F)C(F)(F)C(F)(F)C(F)(F)F)(c1ccc2ccccc2c1)c1ccc2ccccc2c1.[CH3][GeH2]. The van der Waals surface area contributed by atoms with Crippen LogP contribution in [-0.4, -0.2) is 72.9 Å². The summed E-state index contributed by atoms with van der Waals surface area (Å²) in [5, 5.41) is -0.491. The molecule has 0 aliphatic heterocycles. The van der Waals surface area contributed by atoms with Gasteiger partial charge in [0.25, 0.3) is 0 Å². The van der Waals surface area contributed by atoms with Crippen molar-refractivity contribution < 1.29 is 74.6 Å². The van der Waals surface area contributed by atoms with Crippen molar-refractivity contribution in [3.8, 4) is 0 Å². The first-order chi connectivity index (χ1) is 25.3. The fraction of sp³-hybridized carbons (Fsp3) is 0.459. The third-order valence-corrected chi connectivity index (χ3v) is 14.2. The molecule has 0 bridgehead atoms. The van der Waals surface area contributed by atoms with Crippen molar-refractivity contribution in [3.05, 3.63) is 96.1 Å². The van der Waals surface area contributed by atoms with Gasteiger partial charge in [-0.05, 0) is 44.1 Å². The minimum absolute atomic E-state index is 0.166. The van der Waals surface area contributed by atoms with Crippen molar-refractivity contribution in [2.75, 3.05) is 0 Å². The molecule has 0 aliphatic rings. The molecule has 56 heavy (non-hydrogen) atoms. The van der Waals surface area contributed by atoms with E-state index in [-0.39, 0.29) is 11.1 Å². The first-order valence-electron chi connectivity index (χ1n) is 16.5. The zero-order valence-electron chi connectivity index (χ0n) is 30.1. The van der Waals surface area contributed by atoms with Crippen LogP contribution in [-0.2, 0) is 5.04 Å². The van der Waals surface area contributed by atoms with Crippen molar-refractivity contribution in [2.45, 2.75) is 104 Å². The van der Waals surface area contributed by atoms with Crippen LogP contribution in [0, 0.1) is 0 Å². The average Bonchev–Trinajstić information content (AvgIpc) is 3.11.